The molecule has 0 radical (unpaired) electrons. The predicted molar refractivity (Wildman–Crippen MR) is 124 cm³/mol. The molecule has 0 spiro atoms. The van der Waals surface area contributed by atoms with Crippen molar-refractivity contribution < 1.29 is 14.2 Å². The van der Waals surface area contributed by atoms with Gasteiger partial charge in [0.15, 0.2) is 11.5 Å². The minimum Gasteiger partial charge on any atom is -0.497 e. The SMILES string of the molecule is C=CCc1ccc(OCCn2c(-c3cccc(OC)c3)nc3ccccc32)c(OC)c1. The summed E-state index contributed by atoms with van der Waals surface area (Å²) in [6.45, 7) is 4.92. The fraction of sp³-hybridized carbons (Fsp3) is 0.192. The van der Waals surface area contributed by atoms with E-state index in [1.54, 1.807) is 14.2 Å². The number of fused-ring (bicyclic) bond motifs is 1. The zero-order valence-corrected chi connectivity index (χ0v) is 17.9. The molecule has 0 aliphatic rings. The van der Waals surface area contributed by atoms with E-state index in [9.17, 15) is 0 Å². The van der Waals surface area contributed by atoms with Crippen LogP contribution in [-0.4, -0.2) is 30.4 Å². The molecule has 0 amide bonds. The van der Waals surface area contributed by atoms with Crippen molar-refractivity contribution in [3.63, 3.8) is 0 Å². The molecule has 0 saturated carbocycles. The van der Waals surface area contributed by atoms with Gasteiger partial charge in [0, 0.05) is 5.56 Å². The van der Waals surface area contributed by atoms with Crippen molar-refractivity contribution in [2.75, 3.05) is 20.8 Å². The van der Waals surface area contributed by atoms with Crippen LogP contribution in [0.4, 0.5) is 0 Å². The molecule has 5 nitrogen and oxygen atoms in total. The van der Waals surface area contributed by atoms with Crippen LogP contribution in [0, 0.1) is 0 Å². The van der Waals surface area contributed by atoms with Crippen LogP contribution in [0.3, 0.4) is 0 Å². The Morgan fingerprint density at radius 2 is 1.81 bits per heavy atom. The van der Waals surface area contributed by atoms with Gasteiger partial charge in [0.2, 0.25) is 0 Å². The Labute approximate surface area is 182 Å². The van der Waals surface area contributed by atoms with Crippen LogP contribution < -0.4 is 14.2 Å². The number of aromatic nitrogens is 2. The third kappa shape index (κ3) is 4.40. The molecule has 1 aromatic heterocycles. The lowest BCUT2D eigenvalue weighted by atomic mass is 10.1. The van der Waals surface area contributed by atoms with Gasteiger partial charge in [0.25, 0.3) is 0 Å². The first kappa shape index (κ1) is 20.5. The van der Waals surface area contributed by atoms with E-state index in [0.717, 1.165) is 51.7 Å². The summed E-state index contributed by atoms with van der Waals surface area (Å²) in [6.07, 6.45) is 2.67. The maximum atomic E-state index is 6.10. The quantitative estimate of drug-likeness (QED) is 0.338. The molecular weight excluding hydrogens is 388 g/mol. The molecule has 1 heterocycles. The molecule has 158 valence electrons. The average molecular weight is 415 g/mol. The highest BCUT2D eigenvalue weighted by atomic mass is 16.5. The highest BCUT2D eigenvalue weighted by Gasteiger charge is 2.14. The summed E-state index contributed by atoms with van der Waals surface area (Å²) in [7, 11) is 3.33. The Balaban J connectivity index is 1.61. The van der Waals surface area contributed by atoms with Gasteiger partial charge in [-0.25, -0.2) is 4.98 Å². The number of hydrogen-bond donors (Lipinski definition) is 0. The van der Waals surface area contributed by atoms with E-state index in [-0.39, 0.29) is 0 Å². The summed E-state index contributed by atoms with van der Waals surface area (Å²) < 4.78 is 19.2. The number of hydrogen-bond acceptors (Lipinski definition) is 4. The fourth-order valence-corrected chi connectivity index (χ4v) is 3.66. The standard InChI is InChI=1S/C26H26N2O3/c1-4-8-19-13-14-24(25(17-19)30-3)31-16-15-28-23-12-6-5-11-22(23)27-26(28)20-9-7-10-21(18-20)29-2/h4-7,9-14,17-18H,1,8,15-16H2,2-3H3. The van der Waals surface area contributed by atoms with Crippen molar-refractivity contribution in [1.82, 2.24) is 9.55 Å². The number of imidazole rings is 1. The number of methoxy groups -OCH3 is 2. The van der Waals surface area contributed by atoms with Crippen molar-refractivity contribution >= 4 is 11.0 Å². The third-order valence-electron chi connectivity index (χ3n) is 5.16. The van der Waals surface area contributed by atoms with Gasteiger partial charge in [-0.1, -0.05) is 36.4 Å². The van der Waals surface area contributed by atoms with Crippen LogP contribution in [-0.2, 0) is 13.0 Å². The van der Waals surface area contributed by atoms with Crippen LogP contribution in [0.5, 0.6) is 17.2 Å². The normalized spacial score (nSPS) is 10.8. The van der Waals surface area contributed by atoms with Crippen LogP contribution in [0.1, 0.15) is 5.56 Å². The number of para-hydroxylation sites is 2. The van der Waals surface area contributed by atoms with Crippen LogP contribution in [0.2, 0.25) is 0 Å². The van der Waals surface area contributed by atoms with Crippen LogP contribution in [0.15, 0.2) is 79.4 Å². The largest absolute Gasteiger partial charge is 0.497 e. The fourth-order valence-electron chi connectivity index (χ4n) is 3.66. The van der Waals surface area contributed by atoms with E-state index in [1.165, 1.54) is 0 Å². The van der Waals surface area contributed by atoms with Crippen molar-refractivity contribution in [3.05, 3.63) is 84.9 Å². The first-order chi connectivity index (χ1) is 15.2. The maximum absolute atomic E-state index is 6.10. The first-order valence-corrected chi connectivity index (χ1v) is 10.2. The number of rotatable bonds is 9. The lowest BCUT2D eigenvalue weighted by Crippen LogP contribution is -2.10. The second-order valence-electron chi connectivity index (χ2n) is 7.13. The molecule has 0 fully saturated rings. The molecule has 0 saturated heterocycles. The summed E-state index contributed by atoms with van der Waals surface area (Å²) in [4.78, 5) is 4.87. The summed E-state index contributed by atoms with van der Waals surface area (Å²) in [5.41, 5.74) is 4.16. The monoisotopic (exact) mass is 414 g/mol. The molecule has 0 bridgehead atoms. The second kappa shape index (κ2) is 9.39. The van der Waals surface area contributed by atoms with Gasteiger partial charge >= 0.3 is 0 Å². The van der Waals surface area contributed by atoms with E-state index in [2.05, 4.69) is 17.2 Å². The Morgan fingerprint density at radius 3 is 2.61 bits per heavy atom. The Bertz CT molecular complexity index is 1200. The smallest absolute Gasteiger partial charge is 0.161 e. The molecule has 0 aliphatic carbocycles. The first-order valence-electron chi connectivity index (χ1n) is 10.2. The minimum absolute atomic E-state index is 0.481. The van der Waals surface area contributed by atoms with Gasteiger partial charge in [0.1, 0.15) is 18.2 Å². The van der Waals surface area contributed by atoms with Gasteiger partial charge in [-0.3, -0.25) is 0 Å². The highest BCUT2D eigenvalue weighted by molar-refractivity contribution is 5.80. The molecule has 3 aromatic carbocycles. The molecule has 0 aliphatic heterocycles. The number of ether oxygens (including phenoxy) is 3. The zero-order chi connectivity index (χ0) is 21.6. The molecule has 31 heavy (non-hydrogen) atoms. The van der Waals surface area contributed by atoms with E-state index in [4.69, 9.17) is 19.2 Å². The maximum Gasteiger partial charge on any atom is 0.161 e. The Kier molecular flexibility index (Phi) is 6.22. The van der Waals surface area contributed by atoms with Gasteiger partial charge in [-0.05, 0) is 48.4 Å². The van der Waals surface area contributed by atoms with Crippen molar-refractivity contribution in [1.29, 1.82) is 0 Å². The topological polar surface area (TPSA) is 45.5 Å². The van der Waals surface area contributed by atoms with Gasteiger partial charge in [0.05, 0.1) is 31.8 Å². The zero-order valence-electron chi connectivity index (χ0n) is 17.9. The van der Waals surface area contributed by atoms with Crippen molar-refractivity contribution in [2.45, 2.75) is 13.0 Å². The molecule has 4 rings (SSSR count). The average Bonchev–Trinajstić information content (AvgIpc) is 3.18. The lowest BCUT2D eigenvalue weighted by molar-refractivity contribution is 0.281. The number of allylic oxidation sites excluding steroid dienone is 1. The molecule has 0 atom stereocenters. The van der Waals surface area contributed by atoms with E-state index < -0.39 is 0 Å². The van der Waals surface area contributed by atoms with E-state index >= 15 is 0 Å². The molecule has 4 aromatic rings. The minimum atomic E-state index is 0.481. The van der Waals surface area contributed by atoms with Crippen molar-refractivity contribution in [2.24, 2.45) is 0 Å². The Morgan fingerprint density at radius 1 is 0.935 bits per heavy atom. The second-order valence-corrected chi connectivity index (χ2v) is 7.13. The Hall–Kier alpha value is -3.73. The molecule has 0 unspecified atom stereocenters. The third-order valence-corrected chi connectivity index (χ3v) is 5.16. The van der Waals surface area contributed by atoms with Gasteiger partial charge in [-0.2, -0.15) is 0 Å². The van der Waals surface area contributed by atoms with E-state index in [1.807, 2.05) is 66.7 Å². The van der Waals surface area contributed by atoms with Gasteiger partial charge < -0.3 is 18.8 Å². The summed E-state index contributed by atoms with van der Waals surface area (Å²) >= 11 is 0. The lowest BCUT2D eigenvalue weighted by Gasteiger charge is -2.14. The van der Waals surface area contributed by atoms with Crippen molar-refractivity contribution in [3.8, 4) is 28.6 Å². The summed E-state index contributed by atoms with van der Waals surface area (Å²) in [6, 6.07) is 22.1. The molecule has 5 heteroatoms. The van der Waals surface area contributed by atoms with Gasteiger partial charge in [-0.15, -0.1) is 6.58 Å². The summed E-state index contributed by atoms with van der Waals surface area (Å²) in [5, 5.41) is 0. The van der Waals surface area contributed by atoms with Crippen LogP contribution >= 0.6 is 0 Å². The molecule has 0 N–H and O–H groups in total. The molecular formula is C26H26N2O3. The predicted octanol–water partition coefficient (Wildman–Crippen LogP) is 5.53. The number of benzene rings is 3. The highest BCUT2D eigenvalue weighted by Crippen LogP contribution is 2.30. The summed E-state index contributed by atoms with van der Waals surface area (Å²) in [5.74, 6) is 3.14. The number of nitrogens with zero attached hydrogens (tertiary/aromatic N) is 2. The van der Waals surface area contributed by atoms with E-state index in [0.29, 0.717) is 13.2 Å². The van der Waals surface area contributed by atoms with Crippen LogP contribution in [0.25, 0.3) is 22.4 Å².